The molecule has 1 aromatic heterocycles. The van der Waals surface area contributed by atoms with Gasteiger partial charge in [-0.3, -0.25) is 14.7 Å². The van der Waals surface area contributed by atoms with Gasteiger partial charge in [-0.25, -0.2) is 9.78 Å². The van der Waals surface area contributed by atoms with Crippen LogP contribution >= 0.6 is 0 Å². The summed E-state index contributed by atoms with van der Waals surface area (Å²) in [5, 5.41) is 5.58. The van der Waals surface area contributed by atoms with Crippen LogP contribution in [0.4, 0.5) is 10.7 Å². The smallest absolute Gasteiger partial charge is 0.318 e. The number of nitrogens with one attached hydrogen (secondary N) is 2. The van der Waals surface area contributed by atoms with Gasteiger partial charge in [0.05, 0.1) is 5.69 Å². The van der Waals surface area contributed by atoms with Gasteiger partial charge in [0.15, 0.2) is 0 Å². The maximum atomic E-state index is 12.8. The third-order valence-corrected chi connectivity index (χ3v) is 4.92. The largest absolute Gasteiger partial charge is 0.338 e. The first kappa shape index (κ1) is 22.8. The lowest BCUT2D eigenvalue weighted by Gasteiger charge is -2.20. The van der Waals surface area contributed by atoms with Crippen molar-refractivity contribution >= 4 is 17.9 Å². The summed E-state index contributed by atoms with van der Waals surface area (Å²) in [6.45, 7) is 10.2. The van der Waals surface area contributed by atoms with Crippen molar-refractivity contribution in [3.05, 3.63) is 78.5 Å². The predicted molar refractivity (Wildman–Crippen MR) is 128 cm³/mol. The summed E-state index contributed by atoms with van der Waals surface area (Å²) in [7, 11) is 0. The second-order valence-electron chi connectivity index (χ2n) is 7.57. The zero-order valence-electron chi connectivity index (χ0n) is 18.8. The van der Waals surface area contributed by atoms with Gasteiger partial charge in [0.25, 0.3) is 0 Å². The molecule has 0 atom stereocenters. The molecule has 7 heteroatoms. The van der Waals surface area contributed by atoms with E-state index in [0.29, 0.717) is 12.5 Å². The first-order valence-corrected chi connectivity index (χ1v) is 10.6. The van der Waals surface area contributed by atoms with E-state index in [1.54, 1.807) is 6.08 Å². The quantitative estimate of drug-likeness (QED) is 0.522. The predicted octanol–water partition coefficient (Wildman–Crippen LogP) is 4.31. The molecule has 7 nitrogen and oxygen atoms in total. The molecule has 0 aliphatic heterocycles. The van der Waals surface area contributed by atoms with E-state index >= 15 is 0 Å². The number of benzene rings is 2. The van der Waals surface area contributed by atoms with Gasteiger partial charge in [0.2, 0.25) is 11.9 Å². The maximum absolute atomic E-state index is 12.8. The first-order chi connectivity index (χ1) is 15.4. The Hall–Kier alpha value is -3.87. The summed E-state index contributed by atoms with van der Waals surface area (Å²) in [5.74, 6) is 0.0522. The second kappa shape index (κ2) is 10.4. The van der Waals surface area contributed by atoms with E-state index in [2.05, 4.69) is 22.2 Å². The summed E-state index contributed by atoms with van der Waals surface area (Å²) in [6.07, 6.45) is 3.49. The zero-order valence-corrected chi connectivity index (χ0v) is 18.8. The van der Waals surface area contributed by atoms with E-state index in [4.69, 9.17) is 0 Å². The molecule has 0 saturated carbocycles. The van der Waals surface area contributed by atoms with Crippen LogP contribution in [0.15, 0.2) is 67.4 Å². The van der Waals surface area contributed by atoms with Crippen molar-refractivity contribution in [1.82, 2.24) is 19.8 Å². The topological polar surface area (TPSA) is 79.3 Å². The number of nitrogens with zero attached hydrogens (tertiary/aromatic N) is 3. The van der Waals surface area contributed by atoms with Crippen molar-refractivity contribution in [1.29, 1.82) is 0 Å². The number of carbonyl (C=O) groups is 2. The molecule has 0 aliphatic rings. The van der Waals surface area contributed by atoms with Gasteiger partial charge in [-0.15, -0.1) is 6.58 Å². The minimum absolute atomic E-state index is 0.113. The molecule has 3 rings (SSSR count). The van der Waals surface area contributed by atoms with Crippen LogP contribution in [0, 0.1) is 13.8 Å². The van der Waals surface area contributed by atoms with E-state index < -0.39 is 0 Å². The van der Waals surface area contributed by atoms with Gasteiger partial charge in [0.1, 0.15) is 6.54 Å². The Morgan fingerprint density at radius 2 is 1.69 bits per heavy atom. The van der Waals surface area contributed by atoms with Gasteiger partial charge in [-0.2, -0.15) is 0 Å². The average Bonchev–Trinajstić information content (AvgIpc) is 3.18. The Morgan fingerprint density at radius 3 is 2.28 bits per heavy atom. The molecule has 2 N–H and O–H groups in total. The summed E-state index contributed by atoms with van der Waals surface area (Å²) >= 11 is 0. The number of anilines is 1. The SMILES string of the molecule is C=CCN(CC(=O)Nc1nc(-c2ccc(C)cc2)cn1-c1ccc(C)cc1)C(=O)NCC. The van der Waals surface area contributed by atoms with Gasteiger partial charge < -0.3 is 10.2 Å². The van der Waals surface area contributed by atoms with Crippen LogP contribution in [0.1, 0.15) is 18.1 Å². The van der Waals surface area contributed by atoms with Crippen molar-refractivity contribution in [2.45, 2.75) is 20.8 Å². The fourth-order valence-corrected chi connectivity index (χ4v) is 3.21. The third-order valence-electron chi connectivity index (χ3n) is 4.92. The second-order valence-corrected chi connectivity index (χ2v) is 7.57. The molecule has 0 aliphatic carbocycles. The number of amides is 3. The number of hydrogen-bond donors (Lipinski definition) is 2. The van der Waals surface area contributed by atoms with Crippen molar-refractivity contribution in [3.8, 4) is 16.9 Å². The molecule has 3 amide bonds. The standard InChI is InChI=1S/C25H29N5O2/c1-5-15-29(25(32)26-6-2)17-23(31)28-24-27-22(20-11-7-18(3)8-12-20)16-30(24)21-13-9-19(4)10-14-21/h5,7-14,16H,1,6,15,17H2,2-4H3,(H,26,32)(H,27,28,31). The summed E-state index contributed by atoms with van der Waals surface area (Å²) in [6, 6.07) is 15.7. The summed E-state index contributed by atoms with van der Waals surface area (Å²) in [5.41, 5.74) is 4.87. The molecule has 3 aromatic rings. The minimum Gasteiger partial charge on any atom is -0.338 e. The molecule has 0 saturated heterocycles. The first-order valence-electron chi connectivity index (χ1n) is 10.6. The van der Waals surface area contributed by atoms with E-state index in [0.717, 1.165) is 28.1 Å². The number of aromatic nitrogens is 2. The average molecular weight is 432 g/mol. The number of hydrogen-bond acceptors (Lipinski definition) is 3. The van der Waals surface area contributed by atoms with Crippen LogP contribution in [0.25, 0.3) is 16.9 Å². The Morgan fingerprint density at radius 1 is 1.06 bits per heavy atom. The van der Waals surface area contributed by atoms with Crippen molar-refractivity contribution in [2.75, 3.05) is 25.0 Å². The van der Waals surface area contributed by atoms with Gasteiger partial charge in [0, 0.05) is 30.5 Å². The van der Waals surface area contributed by atoms with E-state index in [-0.39, 0.29) is 25.0 Å². The fraction of sp³-hybridized carbons (Fsp3) is 0.240. The third kappa shape index (κ3) is 5.63. The van der Waals surface area contributed by atoms with Crippen LogP contribution in [-0.4, -0.2) is 46.0 Å². The van der Waals surface area contributed by atoms with Gasteiger partial charge in [-0.05, 0) is 32.9 Å². The van der Waals surface area contributed by atoms with Crippen LogP contribution in [0.3, 0.4) is 0 Å². The molecule has 0 spiro atoms. The summed E-state index contributed by atoms with van der Waals surface area (Å²) < 4.78 is 1.84. The van der Waals surface area contributed by atoms with E-state index in [9.17, 15) is 9.59 Å². The lowest BCUT2D eigenvalue weighted by atomic mass is 10.1. The molecule has 0 bridgehead atoms. The Balaban J connectivity index is 1.90. The van der Waals surface area contributed by atoms with Crippen LogP contribution in [0.5, 0.6) is 0 Å². The number of carbonyl (C=O) groups excluding carboxylic acids is 2. The highest BCUT2D eigenvalue weighted by molar-refractivity contribution is 5.93. The lowest BCUT2D eigenvalue weighted by Crippen LogP contribution is -2.44. The molecule has 32 heavy (non-hydrogen) atoms. The summed E-state index contributed by atoms with van der Waals surface area (Å²) in [4.78, 5) is 31.1. The highest BCUT2D eigenvalue weighted by Gasteiger charge is 2.18. The normalized spacial score (nSPS) is 10.5. The highest BCUT2D eigenvalue weighted by atomic mass is 16.2. The fourth-order valence-electron chi connectivity index (χ4n) is 3.21. The van der Waals surface area contributed by atoms with E-state index in [1.807, 2.05) is 80.1 Å². The van der Waals surface area contributed by atoms with E-state index in [1.165, 1.54) is 4.90 Å². The molecule has 1 heterocycles. The molecular weight excluding hydrogens is 402 g/mol. The minimum atomic E-state index is -0.340. The molecule has 166 valence electrons. The molecule has 0 fully saturated rings. The number of urea groups is 1. The maximum Gasteiger partial charge on any atom is 0.318 e. The Labute approximate surface area is 188 Å². The van der Waals surface area contributed by atoms with Gasteiger partial charge >= 0.3 is 6.03 Å². The lowest BCUT2D eigenvalue weighted by molar-refractivity contribution is -0.116. The Bertz CT molecular complexity index is 1080. The van der Waals surface area contributed by atoms with Crippen LogP contribution < -0.4 is 10.6 Å². The number of imidazole rings is 1. The number of rotatable bonds is 8. The van der Waals surface area contributed by atoms with Crippen molar-refractivity contribution in [3.63, 3.8) is 0 Å². The molecule has 2 aromatic carbocycles. The van der Waals surface area contributed by atoms with Gasteiger partial charge in [-0.1, -0.05) is 53.6 Å². The number of aryl methyl sites for hydroxylation is 2. The molecule has 0 unspecified atom stereocenters. The monoisotopic (exact) mass is 431 g/mol. The molecule has 0 radical (unpaired) electrons. The zero-order chi connectivity index (χ0) is 23.1. The molecular formula is C25H29N5O2. The van der Waals surface area contributed by atoms with Crippen LogP contribution in [0.2, 0.25) is 0 Å². The van der Waals surface area contributed by atoms with Crippen LogP contribution in [-0.2, 0) is 4.79 Å². The van der Waals surface area contributed by atoms with Crippen molar-refractivity contribution in [2.24, 2.45) is 0 Å². The Kier molecular flexibility index (Phi) is 7.44. The highest BCUT2D eigenvalue weighted by Crippen LogP contribution is 2.25. The van der Waals surface area contributed by atoms with Crippen molar-refractivity contribution < 1.29 is 9.59 Å².